The number of methoxy groups -OCH3 is 1. The van der Waals surface area contributed by atoms with Crippen LogP contribution in [0.4, 0.5) is 0 Å². The monoisotopic (exact) mass is 350 g/mol. The minimum absolute atomic E-state index is 0.720. The first kappa shape index (κ1) is 21.3. The fraction of sp³-hybridized carbons (Fsp3) is 0.632. The third-order valence-electron chi connectivity index (χ3n) is 4.00. The van der Waals surface area contributed by atoms with Gasteiger partial charge in [0.1, 0.15) is 12.4 Å². The molecule has 0 saturated carbocycles. The van der Waals surface area contributed by atoms with E-state index in [1.54, 1.807) is 14.2 Å². The van der Waals surface area contributed by atoms with Crippen molar-refractivity contribution >= 4 is 5.96 Å². The lowest BCUT2D eigenvalue weighted by Crippen LogP contribution is -2.37. The zero-order valence-corrected chi connectivity index (χ0v) is 16.2. The first-order chi connectivity index (χ1) is 12.2. The van der Waals surface area contributed by atoms with E-state index in [9.17, 15) is 0 Å². The van der Waals surface area contributed by atoms with Crippen LogP contribution in [0.2, 0.25) is 0 Å². The Labute approximate surface area is 152 Å². The highest BCUT2D eigenvalue weighted by molar-refractivity contribution is 5.79. The average Bonchev–Trinajstić information content (AvgIpc) is 2.66. The molecule has 0 aromatic heterocycles. The van der Waals surface area contributed by atoms with Gasteiger partial charge in [-0.2, -0.15) is 0 Å². The third-order valence-corrected chi connectivity index (χ3v) is 4.00. The first-order valence-electron chi connectivity index (χ1n) is 9.11. The van der Waals surface area contributed by atoms with E-state index in [-0.39, 0.29) is 0 Å². The molecule has 0 bridgehead atoms. The summed E-state index contributed by atoms with van der Waals surface area (Å²) in [6.45, 7) is 10.5. The molecule has 142 valence electrons. The van der Waals surface area contributed by atoms with Gasteiger partial charge >= 0.3 is 0 Å². The van der Waals surface area contributed by atoms with Crippen LogP contribution in [0, 0.1) is 0 Å². The zero-order chi connectivity index (χ0) is 18.3. The maximum atomic E-state index is 5.81. The molecule has 0 heterocycles. The number of aliphatic imine (C=N–C) groups is 1. The second-order valence-corrected chi connectivity index (χ2v) is 5.72. The summed E-state index contributed by atoms with van der Waals surface area (Å²) in [5.74, 6) is 1.72. The number of rotatable bonds is 12. The molecule has 0 radical (unpaired) electrons. The Morgan fingerprint density at radius 1 is 1.08 bits per heavy atom. The van der Waals surface area contributed by atoms with Gasteiger partial charge in [-0.15, -0.1) is 0 Å². The summed E-state index contributed by atoms with van der Waals surface area (Å²) in [5, 5.41) is 6.57. The Morgan fingerprint density at radius 3 is 2.40 bits per heavy atom. The topological polar surface area (TPSA) is 58.1 Å². The third kappa shape index (κ3) is 9.31. The molecule has 0 aliphatic rings. The van der Waals surface area contributed by atoms with Crippen LogP contribution in [0.15, 0.2) is 29.3 Å². The second-order valence-electron chi connectivity index (χ2n) is 5.72. The minimum Gasteiger partial charge on any atom is -0.492 e. The van der Waals surface area contributed by atoms with Crippen LogP contribution in [0.5, 0.6) is 5.75 Å². The molecule has 0 atom stereocenters. The molecule has 25 heavy (non-hydrogen) atoms. The lowest BCUT2D eigenvalue weighted by molar-refractivity contribution is 0.195. The highest BCUT2D eigenvalue weighted by atomic mass is 16.5. The molecule has 6 heteroatoms. The highest BCUT2D eigenvalue weighted by Gasteiger charge is 2.01. The van der Waals surface area contributed by atoms with E-state index in [4.69, 9.17) is 9.47 Å². The number of nitrogens with zero attached hydrogens (tertiary/aromatic N) is 2. The molecule has 0 fully saturated rings. The van der Waals surface area contributed by atoms with E-state index >= 15 is 0 Å². The molecule has 1 aromatic rings. The van der Waals surface area contributed by atoms with Crippen molar-refractivity contribution in [3.63, 3.8) is 0 Å². The molecule has 6 nitrogen and oxygen atoms in total. The van der Waals surface area contributed by atoms with Gasteiger partial charge in [-0.05, 0) is 37.2 Å². The van der Waals surface area contributed by atoms with E-state index in [1.165, 1.54) is 5.56 Å². The molecule has 2 N–H and O–H groups in total. The maximum Gasteiger partial charge on any atom is 0.191 e. The van der Waals surface area contributed by atoms with Crippen LogP contribution in [0.25, 0.3) is 0 Å². The molecule has 1 aromatic carbocycles. The van der Waals surface area contributed by atoms with Crippen molar-refractivity contribution in [3.05, 3.63) is 29.8 Å². The normalized spacial score (nSPS) is 11.6. The van der Waals surface area contributed by atoms with Gasteiger partial charge in [0.25, 0.3) is 0 Å². The molecule has 0 aliphatic heterocycles. The van der Waals surface area contributed by atoms with Crippen LogP contribution in [-0.4, -0.2) is 64.4 Å². The van der Waals surface area contributed by atoms with Crippen molar-refractivity contribution in [1.29, 1.82) is 0 Å². The second kappa shape index (κ2) is 13.5. The highest BCUT2D eigenvalue weighted by Crippen LogP contribution is 2.12. The van der Waals surface area contributed by atoms with Crippen LogP contribution in [0.3, 0.4) is 0 Å². The summed E-state index contributed by atoms with van der Waals surface area (Å²) in [7, 11) is 3.49. The molecule has 0 amide bonds. The zero-order valence-electron chi connectivity index (χ0n) is 16.2. The van der Waals surface area contributed by atoms with Gasteiger partial charge in [0.15, 0.2) is 5.96 Å². The predicted molar refractivity (Wildman–Crippen MR) is 104 cm³/mol. The van der Waals surface area contributed by atoms with Crippen molar-refractivity contribution in [1.82, 2.24) is 15.5 Å². The van der Waals surface area contributed by atoms with Gasteiger partial charge in [-0.1, -0.05) is 26.0 Å². The summed E-state index contributed by atoms with van der Waals surface area (Å²) >= 11 is 0. The lowest BCUT2D eigenvalue weighted by atomic mass is 10.2. The van der Waals surface area contributed by atoms with E-state index in [2.05, 4.69) is 46.5 Å². The van der Waals surface area contributed by atoms with E-state index in [0.717, 1.165) is 64.1 Å². The summed E-state index contributed by atoms with van der Waals surface area (Å²) in [5.41, 5.74) is 1.19. The van der Waals surface area contributed by atoms with Gasteiger partial charge in [0, 0.05) is 40.4 Å². The minimum atomic E-state index is 0.720. The number of benzene rings is 1. The lowest BCUT2D eigenvalue weighted by Gasteiger charge is -2.18. The average molecular weight is 351 g/mol. The molecule has 1 rings (SSSR count). The number of ether oxygens (including phenoxy) is 2. The van der Waals surface area contributed by atoms with Crippen LogP contribution >= 0.6 is 0 Å². The summed E-state index contributed by atoms with van der Waals surface area (Å²) in [6, 6.07) is 8.21. The maximum absolute atomic E-state index is 5.81. The Bertz CT molecular complexity index is 473. The van der Waals surface area contributed by atoms with Crippen LogP contribution in [0.1, 0.15) is 25.8 Å². The van der Waals surface area contributed by atoms with Gasteiger partial charge in [0.05, 0.1) is 0 Å². The van der Waals surface area contributed by atoms with Gasteiger partial charge in [-0.3, -0.25) is 4.99 Å². The predicted octanol–water partition coefficient (Wildman–Crippen LogP) is 2.11. The number of likely N-dealkylation sites (N-methyl/N-ethyl adjacent to an activating group) is 1. The van der Waals surface area contributed by atoms with Crippen LogP contribution < -0.4 is 15.4 Å². The fourth-order valence-electron chi connectivity index (χ4n) is 2.37. The Morgan fingerprint density at radius 2 is 1.80 bits per heavy atom. The Balaban J connectivity index is 2.31. The number of hydrogen-bond donors (Lipinski definition) is 2. The summed E-state index contributed by atoms with van der Waals surface area (Å²) in [6.07, 6.45) is 0.955. The molecular formula is C19H34N4O2. The molecule has 0 aliphatic carbocycles. The van der Waals surface area contributed by atoms with Crippen molar-refractivity contribution < 1.29 is 9.47 Å². The number of nitrogens with one attached hydrogen (secondary N) is 2. The fourth-order valence-corrected chi connectivity index (χ4v) is 2.37. The van der Waals surface area contributed by atoms with Gasteiger partial charge in [0.2, 0.25) is 0 Å². The van der Waals surface area contributed by atoms with Crippen LogP contribution in [-0.2, 0) is 11.3 Å². The van der Waals surface area contributed by atoms with Crippen molar-refractivity contribution in [2.24, 2.45) is 4.99 Å². The summed E-state index contributed by atoms with van der Waals surface area (Å²) in [4.78, 5) is 6.57. The Hall–Kier alpha value is -1.79. The number of hydrogen-bond acceptors (Lipinski definition) is 4. The molecule has 0 unspecified atom stereocenters. The van der Waals surface area contributed by atoms with Crippen molar-refractivity contribution in [3.8, 4) is 5.75 Å². The summed E-state index contributed by atoms with van der Waals surface area (Å²) < 4.78 is 10.8. The molecule has 0 saturated heterocycles. The van der Waals surface area contributed by atoms with Gasteiger partial charge in [-0.25, -0.2) is 0 Å². The standard InChI is InChI=1S/C19H34N4O2/c1-5-23(6-2)13-15-25-18-10-8-17(9-11-18)16-22-19(20-3)21-12-7-14-24-4/h8-11H,5-7,12-16H2,1-4H3,(H2,20,21,22). The van der Waals surface area contributed by atoms with Crippen molar-refractivity contribution in [2.75, 3.05) is 53.6 Å². The molecular weight excluding hydrogens is 316 g/mol. The smallest absolute Gasteiger partial charge is 0.191 e. The Kier molecular flexibility index (Phi) is 11.5. The van der Waals surface area contributed by atoms with E-state index in [1.807, 2.05) is 12.1 Å². The van der Waals surface area contributed by atoms with E-state index in [0.29, 0.717) is 0 Å². The largest absolute Gasteiger partial charge is 0.492 e. The number of guanidine groups is 1. The SMILES string of the molecule is CCN(CC)CCOc1ccc(CNC(=NC)NCCCOC)cc1. The first-order valence-corrected chi connectivity index (χ1v) is 9.11. The van der Waals surface area contributed by atoms with Crippen molar-refractivity contribution in [2.45, 2.75) is 26.8 Å². The van der Waals surface area contributed by atoms with E-state index < -0.39 is 0 Å². The van der Waals surface area contributed by atoms with Gasteiger partial charge < -0.3 is 25.0 Å². The quantitative estimate of drug-likeness (QED) is 0.343. The molecule has 0 spiro atoms.